The van der Waals surface area contributed by atoms with Gasteiger partial charge in [0.15, 0.2) is 0 Å². The van der Waals surface area contributed by atoms with Crippen LogP contribution >= 0.6 is 0 Å². The van der Waals surface area contributed by atoms with Crippen LogP contribution in [0.4, 0.5) is 0 Å². The first-order valence-corrected chi connectivity index (χ1v) is 5.69. The Morgan fingerprint density at radius 1 is 1.47 bits per heavy atom. The van der Waals surface area contributed by atoms with E-state index in [1.54, 1.807) is 0 Å². The van der Waals surface area contributed by atoms with Crippen molar-refractivity contribution >= 4 is 16.8 Å². The van der Waals surface area contributed by atoms with Crippen LogP contribution in [0.25, 0.3) is 11.0 Å². The Morgan fingerprint density at radius 2 is 2.29 bits per heavy atom. The zero-order valence-electron chi connectivity index (χ0n) is 9.68. The molecule has 1 aromatic carbocycles. The average Bonchev–Trinajstić information content (AvgIpc) is 2.78. The first-order valence-electron chi connectivity index (χ1n) is 5.69. The van der Waals surface area contributed by atoms with Gasteiger partial charge in [-0.05, 0) is 18.1 Å². The predicted molar refractivity (Wildman–Crippen MR) is 63.5 cm³/mol. The number of hydrogen-bond donors (Lipinski definition) is 2. The molecule has 5 heteroatoms. The van der Waals surface area contributed by atoms with Gasteiger partial charge in [-0.25, -0.2) is 0 Å². The fraction of sp³-hybridized carbons (Fsp3) is 0.417. The monoisotopic (exact) mass is 233 g/mol. The van der Waals surface area contributed by atoms with Gasteiger partial charge in [0.2, 0.25) is 0 Å². The first-order chi connectivity index (χ1) is 8.20. The molecule has 90 valence electrons. The minimum atomic E-state index is -0.543. The van der Waals surface area contributed by atoms with E-state index in [1.165, 1.54) is 0 Å². The maximum Gasteiger partial charge on any atom is 0.139 e. The highest BCUT2D eigenvalue weighted by atomic mass is 16.3. The molecule has 0 unspecified atom stereocenters. The van der Waals surface area contributed by atoms with Crippen molar-refractivity contribution in [3.8, 4) is 0 Å². The van der Waals surface area contributed by atoms with Gasteiger partial charge in [-0.2, -0.15) is 15.4 Å². The molecule has 0 aliphatic carbocycles. The number of aromatic nitrogens is 3. The molecule has 1 heterocycles. The van der Waals surface area contributed by atoms with Crippen molar-refractivity contribution in [3.05, 3.63) is 23.8 Å². The van der Waals surface area contributed by atoms with Crippen molar-refractivity contribution in [2.45, 2.75) is 32.3 Å². The number of benzene rings is 1. The topological polar surface area (TPSA) is 78.9 Å². The van der Waals surface area contributed by atoms with Crippen LogP contribution in [0.15, 0.2) is 18.2 Å². The largest absolute Gasteiger partial charge is 0.393 e. The lowest BCUT2D eigenvalue weighted by molar-refractivity contribution is -0.120. The van der Waals surface area contributed by atoms with Crippen LogP contribution in [0.5, 0.6) is 0 Å². The lowest BCUT2D eigenvalue weighted by Crippen LogP contribution is -2.14. The van der Waals surface area contributed by atoms with Crippen LogP contribution in [0, 0.1) is 0 Å². The summed E-state index contributed by atoms with van der Waals surface area (Å²) < 4.78 is 0. The quantitative estimate of drug-likeness (QED) is 0.814. The van der Waals surface area contributed by atoms with Gasteiger partial charge in [-0.1, -0.05) is 19.1 Å². The zero-order valence-corrected chi connectivity index (χ0v) is 9.68. The number of nitrogens with zero attached hydrogens (tertiary/aromatic N) is 2. The fourth-order valence-corrected chi connectivity index (χ4v) is 1.76. The highest BCUT2D eigenvalue weighted by molar-refractivity contribution is 5.87. The number of ketones is 1. The third-order valence-electron chi connectivity index (χ3n) is 2.75. The molecule has 0 fully saturated rings. The second kappa shape index (κ2) is 5.05. The molecule has 0 radical (unpaired) electrons. The summed E-state index contributed by atoms with van der Waals surface area (Å²) in [6, 6.07) is 5.55. The number of carbonyl (C=O) groups excluding carboxylic acids is 1. The molecule has 0 spiro atoms. The molecule has 1 atom stereocenters. The van der Waals surface area contributed by atoms with Crippen molar-refractivity contribution in [1.29, 1.82) is 0 Å². The summed E-state index contributed by atoms with van der Waals surface area (Å²) in [5.74, 6) is 0.0230. The molecule has 0 bridgehead atoms. The van der Waals surface area contributed by atoms with Gasteiger partial charge in [0.05, 0.1) is 6.10 Å². The number of rotatable bonds is 5. The number of aliphatic hydroxyl groups is 1. The molecule has 0 aliphatic heterocycles. The highest BCUT2D eigenvalue weighted by Gasteiger charge is 2.12. The first kappa shape index (κ1) is 11.7. The molecule has 0 saturated carbocycles. The number of aliphatic hydroxyl groups excluding tert-OH is 1. The van der Waals surface area contributed by atoms with Crippen LogP contribution in [-0.4, -0.2) is 32.4 Å². The molecule has 0 aliphatic rings. The van der Waals surface area contributed by atoms with E-state index in [-0.39, 0.29) is 12.2 Å². The maximum atomic E-state index is 11.7. The third-order valence-corrected chi connectivity index (χ3v) is 2.75. The number of hydrogen-bond acceptors (Lipinski definition) is 4. The molecule has 0 amide bonds. The lowest BCUT2D eigenvalue weighted by atomic mass is 10.0. The summed E-state index contributed by atoms with van der Waals surface area (Å²) in [5, 5.41) is 20.0. The second-order valence-corrected chi connectivity index (χ2v) is 4.09. The van der Waals surface area contributed by atoms with E-state index < -0.39 is 6.10 Å². The number of nitrogens with one attached hydrogen (secondary N) is 1. The van der Waals surface area contributed by atoms with E-state index in [9.17, 15) is 9.90 Å². The number of H-pyrrole nitrogens is 1. The molecule has 0 saturated heterocycles. The Bertz CT molecular complexity index is 521. The summed E-state index contributed by atoms with van der Waals surface area (Å²) in [7, 11) is 0. The van der Waals surface area contributed by atoms with Gasteiger partial charge in [0.1, 0.15) is 16.8 Å². The van der Waals surface area contributed by atoms with Crippen LogP contribution in [-0.2, 0) is 11.2 Å². The summed E-state index contributed by atoms with van der Waals surface area (Å²) in [6.45, 7) is 1.86. The Labute approximate surface area is 98.8 Å². The number of fused-ring (bicyclic) bond motifs is 1. The summed E-state index contributed by atoms with van der Waals surface area (Å²) >= 11 is 0. The summed E-state index contributed by atoms with van der Waals surface area (Å²) in [5.41, 5.74) is 2.34. The van der Waals surface area contributed by atoms with Crippen molar-refractivity contribution in [2.75, 3.05) is 0 Å². The Morgan fingerprint density at radius 3 is 3.06 bits per heavy atom. The van der Waals surface area contributed by atoms with Crippen LogP contribution in [0.3, 0.4) is 0 Å². The van der Waals surface area contributed by atoms with Gasteiger partial charge in [-0.3, -0.25) is 4.79 Å². The van der Waals surface area contributed by atoms with Crippen LogP contribution < -0.4 is 0 Å². The van der Waals surface area contributed by atoms with Crippen molar-refractivity contribution in [1.82, 2.24) is 15.4 Å². The minimum absolute atomic E-state index is 0.0230. The molecule has 2 rings (SSSR count). The predicted octanol–water partition coefficient (Wildman–Crippen LogP) is 1.23. The van der Waals surface area contributed by atoms with E-state index in [0.717, 1.165) is 16.6 Å². The van der Waals surface area contributed by atoms with Gasteiger partial charge < -0.3 is 5.11 Å². The van der Waals surface area contributed by atoms with Gasteiger partial charge >= 0.3 is 0 Å². The van der Waals surface area contributed by atoms with E-state index in [4.69, 9.17) is 0 Å². The van der Waals surface area contributed by atoms with E-state index >= 15 is 0 Å². The van der Waals surface area contributed by atoms with Crippen molar-refractivity contribution in [3.63, 3.8) is 0 Å². The molecule has 17 heavy (non-hydrogen) atoms. The van der Waals surface area contributed by atoms with Crippen LogP contribution in [0.1, 0.15) is 25.3 Å². The molecule has 2 N–H and O–H groups in total. The molecule has 5 nitrogen and oxygen atoms in total. The maximum absolute atomic E-state index is 11.7. The SMILES string of the molecule is CC[C@H](O)CC(=O)Cc1cccc2n[nH]nc12. The molecular weight excluding hydrogens is 218 g/mol. The number of carbonyl (C=O) groups is 1. The van der Waals surface area contributed by atoms with E-state index in [0.29, 0.717) is 12.8 Å². The summed E-state index contributed by atoms with van der Waals surface area (Å²) in [4.78, 5) is 11.7. The molecular formula is C12H15N3O2. The van der Waals surface area contributed by atoms with E-state index in [2.05, 4.69) is 15.4 Å². The van der Waals surface area contributed by atoms with Crippen molar-refractivity contribution in [2.24, 2.45) is 0 Å². The second-order valence-electron chi connectivity index (χ2n) is 4.09. The number of para-hydroxylation sites is 1. The average molecular weight is 233 g/mol. The summed E-state index contributed by atoms with van der Waals surface area (Å²) in [6.07, 6.45) is 0.546. The van der Waals surface area contributed by atoms with Gasteiger partial charge in [0, 0.05) is 12.8 Å². The third kappa shape index (κ3) is 2.68. The Hall–Kier alpha value is -1.75. The Kier molecular flexibility index (Phi) is 3.49. The number of Topliss-reactive ketones (excluding diaryl/α,β-unsaturated/α-hetero) is 1. The van der Waals surface area contributed by atoms with Crippen LogP contribution in [0.2, 0.25) is 0 Å². The Balaban J connectivity index is 2.13. The minimum Gasteiger partial charge on any atom is -0.393 e. The lowest BCUT2D eigenvalue weighted by Gasteiger charge is -2.06. The standard InChI is InChI=1S/C12H15N3O2/c1-2-9(16)7-10(17)6-8-4-3-5-11-12(8)14-15-13-11/h3-5,9,16H,2,6-7H2,1H3,(H,13,14,15)/t9-/m0/s1. The fourth-order valence-electron chi connectivity index (χ4n) is 1.76. The molecule has 1 aromatic heterocycles. The van der Waals surface area contributed by atoms with Gasteiger partial charge in [0.25, 0.3) is 0 Å². The smallest absolute Gasteiger partial charge is 0.139 e. The molecule has 2 aromatic rings. The van der Waals surface area contributed by atoms with E-state index in [1.807, 2.05) is 25.1 Å². The normalized spacial score (nSPS) is 12.8. The number of aromatic amines is 1. The highest BCUT2D eigenvalue weighted by Crippen LogP contribution is 2.15. The van der Waals surface area contributed by atoms with Crippen molar-refractivity contribution < 1.29 is 9.90 Å². The zero-order chi connectivity index (χ0) is 12.3. The van der Waals surface area contributed by atoms with Gasteiger partial charge in [-0.15, -0.1) is 0 Å².